The van der Waals surface area contributed by atoms with Gasteiger partial charge in [-0.15, -0.1) is 0 Å². The summed E-state index contributed by atoms with van der Waals surface area (Å²) in [5.41, 5.74) is 1.19. The Morgan fingerprint density at radius 3 is 3.00 bits per heavy atom. The first-order valence-electron chi connectivity index (χ1n) is 5.07. The molecule has 3 nitrogen and oxygen atoms in total. The van der Waals surface area contributed by atoms with Crippen LogP contribution in [-0.2, 0) is 11.2 Å². The fraction of sp³-hybridized carbons (Fsp3) is 0.545. The monoisotopic (exact) mass is 191 g/mol. The highest BCUT2D eigenvalue weighted by Gasteiger charge is 2.09. The summed E-state index contributed by atoms with van der Waals surface area (Å²) in [6, 6.07) is 4.04. The van der Waals surface area contributed by atoms with Gasteiger partial charge in [-0.05, 0) is 18.1 Å². The van der Waals surface area contributed by atoms with Gasteiger partial charge in [0, 0.05) is 25.8 Å². The number of morpholine rings is 1. The van der Waals surface area contributed by atoms with Gasteiger partial charge in [-0.3, -0.25) is 9.88 Å². The van der Waals surface area contributed by atoms with Crippen molar-refractivity contribution in [2.45, 2.75) is 6.42 Å². The zero-order valence-corrected chi connectivity index (χ0v) is 8.28. The number of hydrogen-bond acceptors (Lipinski definition) is 3. The first-order chi connectivity index (χ1) is 6.95. The zero-order valence-electron chi connectivity index (χ0n) is 8.28. The van der Waals surface area contributed by atoms with Gasteiger partial charge in [-0.1, -0.05) is 6.07 Å². The highest BCUT2D eigenvalue weighted by molar-refractivity contribution is 5.07. The second-order valence-corrected chi connectivity index (χ2v) is 3.48. The summed E-state index contributed by atoms with van der Waals surface area (Å²) in [6.07, 6.45) is 5.80. The molecule has 0 aliphatic carbocycles. The highest BCUT2D eigenvalue weighted by atomic mass is 16.5. The molecule has 1 saturated heterocycles. The van der Waals surface area contributed by atoms with Crippen LogP contribution in [-0.4, -0.2) is 42.7 Å². The van der Waals surface area contributed by atoms with Gasteiger partial charge in [0.15, 0.2) is 0 Å². The van der Waals surface area contributed by atoms with Gasteiger partial charge in [0.2, 0.25) is 0 Å². The predicted molar refractivity (Wildman–Crippen MR) is 54.0 cm³/mol. The van der Waals surface area contributed by atoms with E-state index in [4.69, 9.17) is 4.74 Å². The molecule has 2 heterocycles. The molecule has 1 aliphatic heterocycles. The van der Waals surface area contributed by atoms with Crippen LogP contribution in [0.5, 0.6) is 0 Å². The van der Waals surface area contributed by atoms with Crippen molar-refractivity contribution in [1.29, 1.82) is 0 Å². The Morgan fingerprint density at radius 2 is 2.29 bits per heavy atom. The molecule has 0 atom stereocenters. The lowest BCUT2D eigenvalue weighted by atomic mass is 10.2. The van der Waals surface area contributed by atoms with Crippen LogP contribution in [0.3, 0.4) is 0 Å². The minimum atomic E-state index is 0.872. The van der Waals surface area contributed by atoms with Gasteiger partial charge in [0.1, 0.15) is 0 Å². The Balaban J connectivity index is 1.76. The topological polar surface area (TPSA) is 25.4 Å². The molecule has 1 aliphatic rings. The number of ether oxygens (including phenoxy) is 1. The second kappa shape index (κ2) is 5.08. The summed E-state index contributed by atoms with van der Waals surface area (Å²) in [4.78, 5) is 6.40. The Hall–Kier alpha value is -0.930. The van der Waals surface area contributed by atoms with Crippen LogP contribution in [0, 0.1) is 6.20 Å². The molecule has 1 radical (unpaired) electrons. The maximum atomic E-state index is 5.29. The fourth-order valence-corrected chi connectivity index (χ4v) is 1.60. The van der Waals surface area contributed by atoms with E-state index in [0.29, 0.717) is 0 Å². The Kier molecular flexibility index (Phi) is 3.49. The van der Waals surface area contributed by atoms with Gasteiger partial charge in [0.05, 0.1) is 19.4 Å². The molecule has 0 unspecified atom stereocenters. The SMILES string of the molecule is [c]1ncccc1CCN1CCOCC1. The normalized spacial score (nSPS) is 18.3. The summed E-state index contributed by atoms with van der Waals surface area (Å²) in [5.74, 6) is 0. The van der Waals surface area contributed by atoms with Gasteiger partial charge < -0.3 is 4.74 Å². The van der Waals surface area contributed by atoms with Crippen LogP contribution in [0.2, 0.25) is 0 Å². The molecule has 14 heavy (non-hydrogen) atoms. The lowest BCUT2D eigenvalue weighted by Gasteiger charge is -2.26. The van der Waals surface area contributed by atoms with Crippen molar-refractivity contribution in [3.63, 3.8) is 0 Å². The quantitative estimate of drug-likeness (QED) is 0.705. The first kappa shape index (κ1) is 9.62. The summed E-state index contributed by atoms with van der Waals surface area (Å²) >= 11 is 0. The Bertz CT molecular complexity index is 257. The van der Waals surface area contributed by atoms with E-state index < -0.39 is 0 Å². The van der Waals surface area contributed by atoms with E-state index in [1.165, 1.54) is 5.56 Å². The summed E-state index contributed by atoms with van der Waals surface area (Å²) < 4.78 is 5.29. The van der Waals surface area contributed by atoms with Crippen LogP contribution in [0.15, 0.2) is 18.3 Å². The van der Waals surface area contributed by atoms with E-state index >= 15 is 0 Å². The summed E-state index contributed by atoms with van der Waals surface area (Å²) in [6.45, 7) is 4.94. The largest absolute Gasteiger partial charge is 0.379 e. The summed E-state index contributed by atoms with van der Waals surface area (Å²) in [5, 5.41) is 0. The lowest BCUT2D eigenvalue weighted by Crippen LogP contribution is -2.37. The maximum absolute atomic E-state index is 5.29. The van der Waals surface area contributed by atoms with Crippen LogP contribution in [0.4, 0.5) is 0 Å². The van der Waals surface area contributed by atoms with Gasteiger partial charge >= 0.3 is 0 Å². The van der Waals surface area contributed by atoms with E-state index in [2.05, 4.69) is 22.1 Å². The second-order valence-electron chi connectivity index (χ2n) is 3.48. The van der Waals surface area contributed by atoms with E-state index in [0.717, 1.165) is 39.3 Å². The fourth-order valence-electron chi connectivity index (χ4n) is 1.60. The third-order valence-electron chi connectivity index (χ3n) is 2.47. The third kappa shape index (κ3) is 2.79. The number of rotatable bonds is 3. The molecular weight excluding hydrogens is 176 g/mol. The molecule has 1 fully saturated rings. The van der Waals surface area contributed by atoms with Crippen molar-refractivity contribution in [3.05, 3.63) is 30.1 Å². The molecule has 75 valence electrons. The maximum Gasteiger partial charge on any atom is 0.0921 e. The third-order valence-corrected chi connectivity index (χ3v) is 2.47. The van der Waals surface area contributed by atoms with Gasteiger partial charge in [0.25, 0.3) is 0 Å². The van der Waals surface area contributed by atoms with Crippen molar-refractivity contribution in [2.24, 2.45) is 0 Å². The average molecular weight is 191 g/mol. The number of aromatic nitrogens is 1. The molecule has 1 aromatic heterocycles. The molecule has 0 amide bonds. The van der Waals surface area contributed by atoms with Crippen LogP contribution in [0.1, 0.15) is 5.56 Å². The molecule has 0 bridgehead atoms. The molecular formula is C11H15N2O. The van der Waals surface area contributed by atoms with Crippen LogP contribution < -0.4 is 0 Å². The van der Waals surface area contributed by atoms with E-state index in [9.17, 15) is 0 Å². The van der Waals surface area contributed by atoms with Crippen molar-refractivity contribution in [2.75, 3.05) is 32.8 Å². The Morgan fingerprint density at radius 1 is 1.43 bits per heavy atom. The van der Waals surface area contributed by atoms with Gasteiger partial charge in [-0.25, -0.2) is 0 Å². The lowest BCUT2D eigenvalue weighted by molar-refractivity contribution is 0.0384. The zero-order chi connectivity index (χ0) is 9.64. The first-order valence-corrected chi connectivity index (χ1v) is 5.07. The van der Waals surface area contributed by atoms with Crippen molar-refractivity contribution < 1.29 is 4.74 Å². The van der Waals surface area contributed by atoms with E-state index in [1.807, 2.05) is 6.07 Å². The molecule has 0 aromatic carbocycles. The number of pyridine rings is 1. The molecule has 3 heteroatoms. The molecule has 0 spiro atoms. The van der Waals surface area contributed by atoms with E-state index in [-0.39, 0.29) is 0 Å². The van der Waals surface area contributed by atoms with Crippen LogP contribution >= 0.6 is 0 Å². The Labute approximate surface area is 84.7 Å². The number of nitrogens with zero attached hydrogens (tertiary/aromatic N) is 2. The smallest absolute Gasteiger partial charge is 0.0921 e. The van der Waals surface area contributed by atoms with Crippen molar-refractivity contribution in [1.82, 2.24) is 9.88 Å². The van der Waals surface area contributed by atoms with Crippen molar-refractivity contribution >= 4 is 0 Å². The molecule has 1 aromatic rings. The highest BCUT2D eigenvalue weighted by Crippen LogP contribution is 2.01. The average Bonchev–Trinajstić information content (AvgIpc) is 2.29. The summed E-state index contributed by atoms with van der Waals surface area (Å²) in [7, 11) is 0. The van der Waals surface area contributed by atoms with Crippen LogP contribution in [0.25, 0.3) is 0 Å². The molecule has 0 saturated carbocycles. The minimum absolute atomic E-state index is 0.872. The molecule has 2 rings (SSSR count). The molecule has 0 N–H and O–H groups in total. The standard InChI is InChI=1S/C11H15N2O/c1-2-11(10-12-4-1)3-5-13-6-8-14-9-7-13/h1-2,4H,3,5-9H2. The van der Waals surface area contributed by atoms with E-state index in [1.54, 1.807) is 6.20 Å². The van der Waals surface area contributed by atoms with Gasteiger partial charge in [-0.2, -0.15) is 0 Å². The predicted octanol–water partition coefficient (Wildman–Crippen LogP) is 0.756. The van der Waals surface area contributed by atoms with Crippen molar-refractivity contribution in [3.8, 4) is 0 Å². The minimum Gasteiger partial charge on any atom is -0.379 e. The number of hydrogen-bond donors (Lipinski definition) is 0.